The summed E-state index contributed by atoms with van der Waals surface area (Å²) in [5.41, 5.74) is -8.02. The molecule has 9 heteroatoms. The summed E-state index contributed by atoms with van der Waals surface area (Å²) in [4.78, 5) is 37.7. The summed E-state index contributed by atoms with van der Waals surface area (Å²) in [6.07, 6.45) is -0.545. The number of halogens is 2. The predicted molar refractivity (Wildman–Crippen MR) is 126 cm³/mol. The van der Waals surface area contributed by atoms with E-state index < -0.39 is 75.3 Å². The van der Waals surface area contributed by atoms with Crippen LogP contribution in [0, 0.1) is 28.6 Å². The van der Waals surface area contributed by atoms with Crippen LogP contribution in [-0.2, 0) is 19.1 Å². The maximum atomic E-state index is 17.2. The van der Waals surface area contributed by atoms with Gasteiger partial charge in [0, 0.05) is 23.3 Å². The molecule has 4 aliphatic rings. The van der Waals surface area contributed by atoms with Crippen LogP contribution in [0.2, 0.25) is 0 Å². The van der Waals surface area contributed by atoms with Crippen LogP contribution in [0.4, 0.5) is 13.6 Å². The van der Waals surface area contributed by atoms with Gasteiger partial charge in [-0.3, -0.25) is 4.79 Å². The first kappa shape index (κ1) is 26.6. The van der Waals surface area contributed by atoms with E-state index in [9.17, 15) is 24.6 Å². The van der Waals surface area contributed by atoms with Gasteiger partial charge in [-0.2, -0.15) is 0 Å². The minimum atomic E-state index is -2.12. The van der Waals surface area contributed by atoms with Gasteiger partial charge < -0.3 is 19.7 Å². The fraction of sp³-hybridized carbons (Fsp3) is 0.741. The molecule has 0 heterocycles. The van der Waals surface area contributed by atoms with Crippen molar-refractivity contribution < 1.29 is 42.9 Å². The Hall–Kier alpha value is -2.45. The molecule has 0 aliphatic heterocycles. The highest BCUT2D eigenvalue weighted by Crippen LogP contribution is 2.72. The highest BCUT2D eigenvalue weighted by atomic mass is 19.1. The molecule has 1 unspecified atom stereocenters. The number of carbonyl (C=O) groups is 3. The van der Waals surface area contributed by atoms with Crippen molar-refractivity contribution in [1.82, 2.24) is 0 Å². The first-order valence-electron chi connectivity index (χ1n) is 12.7. The molecular weight excluding hydrogens is 474 g/mol. The number of allylic oxidation sites excluding steroid dienone is 3. The number of ether oxygens (including phenoxy) is 2. The van der Waals surface area contributed by atoms with Gasteiger partial charge in [-0.25, -0.2) is 18.4 Å². The Morgan fingerprint density at radius 1 is 1.17 bits per heavy atom. The Morgan fingerprint density at radius 3 is 2.39 bits per heavy atom. The molecular formula is C27H36F2O7. The molecule has 0 bridgehead atoms. The van der Waals surface area contributed by atoms with Gasteiger partial charge in [0.1, 0.15) is 23.2 Å². The molecule has 2 N–H and O–H groups in total. The normalized spacial score (nSPS) is 43.9. The van der Waals surface area contributed by atoms with Gasteiger partial charge in [0.05, 0.1) is 5.41 Å². The zero-order valence-electron chi connectivity index (χ0n) is 21.7. The SMILES string of the molecule is CCC(C)(C)OC(=O)O[C@@]1(C(=O)O)[C@H](C)C[C@H]2[C@@H]3C[C@H](F)C4=CC(=O)C=C(O)[C@]4(C)C3(F)CC[C@@]21C. The van der Waals surface area contributed by atoms with Crippen LogP contribution in [0.1, 0.15) is 73.6 Å². The summed E-state index contributed by atoms with van der Waals surface area (Å²) in [5.74, 6) is -4.77. The molecule has 0 saturated heterocycles. The Kier molecular flexibility index (Phi) is 5.93. The van der Waals surface area contributed by atoms with Gasteiger partial charge in [-0.05, 0) is 70.4 Å². The number of carboxylic acid groups (broad SMARTS) is 1. The monoisotopic (exact) mass is 510 g/mol. The molecule has 200 valence electrons. The van der Waals surface area contributed by atoms with Gasteiger partial charge >= 0.3 is 12.1 Å². The Labute approximate surface area is 209 Å². The van der Waals surface area contributed by atoms with Crippen LogP contribution in [-0.4, -0.2) is 51.2 Å². The van der Waals surface area contributed by atoms with E-state index in [-0.39, 0.29) is 31.3 Å². The van der Waals surface area contributed by atoms with Crippen molar-refractivity contribution in [3.05, 3.63) is 23.5 Å². The highest BCUT2D eigenvalue weighted by Gasteiger charge is 2.77. The summed E-state index contributed by atoms with van der Waals surface area (Å²) in [6, 6.07) is 0. The van der Waals surface area contributed by atoms with E-state index in [0.29, 0.717) is 6.42 Å². The smallest absolute Gasteiger partial charge is 0.509 e. The van der Waals surface area contributed by atoms with E-state index in [1.165, 1.54) is 6.92 Å². The maximum Gasteiger partial charge on any atom is 0.509 e. The topological polar surface area (TPSA) is 110 Å². The summed E-state index contributed by atoms with van der Waals surface area (Å²) < 4.78 is 43.9. The molecule has 0 amide bonds. The number of carbonyl (C=O) groups excluding carboxylic acids is 2. The first-order valence-corrected chi connectivity index (χ1v) is 12.7. The number of aliphatic hydroxyl groups excluding tert-OH is 1. The second-order valence-corrected chi connectivity index (χ2v) is 12.1. The number of hydrogen-bond acceptors (Lipinski definition) is 6. The molecule has 4 rings (SSSR count). The van der Waals surface area contributed by atoms with E-state index in [1.54, 1.807) is 27.7 Å². The number of rotatable bonds is 4. The molecule has 8 atom stereocenters. The van der Waals surface area contributed by atoms with E-state index in [4.69, 9.17) is 9.47 Å². The molecule has 0 spiro atoms. The zero-order chi connectivity index (χ0) is 27.1. The average molecular weight is 511 g/mol. The fourth-order valence-corrected chi connectivity index (χ4v) is 7.68. The van der Waals surface area contributed by atoms with Crippen molar-refractivity contribution in [1.29, 1.82) is 0 Å². The standard InChI is InChI=1S/C27H36F2O7/c1-7-23(3,4)35-22(34)36-27(21(32)33)14(2)10-16-17-13-19(28)18-11-15(30)12-20(31)25(18,6)26(17,29)9-8-24(16,27)5/h11-12,14,16-17,19,31H,7-10,13H2,1-6H3,(H,32,33)/t14-,16+,17+,19+,24+,25-,26?,27-/m1/s1. The molecule has 0 aromatic heterocycles. The van der Waals surface area contributed by atoms with Crippen LogP contribution in [0.15, 0.2) is 23.5 Å². The summed E-state index contributed by atoms with van der Waals surface area (Å²) in [5, 5.41) is 21.2. The van der Waals surface area contributed by atoms with Gasteiger partial charge in [0.15, 0.2) is 5.78 Å². The van der Waals surface area contributed by atoms with E-state index in [1.807, 2.05) is 6.92 Å². The van der Waals surface area contributed by atoms with E-state index in [0.717, 1.165) is 12.2 Å². The van der Waals surface area contributed by atoms with Crippen molar-refractivity contribution in [3.8, 4) is 0 Å². The zero-order valence-corrected chi connectivity index (χ0v) is 21.7. The second kappa shape index (κ2) is 8.02. The summed E-state index contributed by atoms with van der Waals surface area (Å²) in [6.45, 7) is 9.94. The molecule has 0 aromatic rings. The van der Waals surface area contributed by atoms with Crippen LogP contribution in [0.5, 0.6) is 0 Å². The Morgan fingerprint density at radius 2 is 1.81 bits per heavy atom. The second-order valence-electron chi connectivity index (χ2n) is 12.1. The molecule has 3 saturated carbocycles. The summed E-state index contributed by atoms with van der Waals surface area (Å²) in [7, 11) is 0. The fourth-order valence-electron chi connectivity index (χ4n) is 7.68. The van der Waals surface area contributed by atoms with Crippen molar-refractivity contribution in [2.24, 2.45) is 28.6 Å². The quantitative estimate of drug-likeness (QED) is 0.472. The summed E-state index contributed by atoms with van der Waals surface area (Å²) >= 11 is 0. The lowest BCUT2D eigenvalue weighted by Gasteiger charge is -2.61. The Bertz CT molecular complexity index is 1070. The number of ketones is 1. The van der Waals surface area contributed by atoms with Crippen molar-refractivity contribution >= 4 is 17.9 Å². The minimum absolute atomic E-state index is 0.0206. The van der Waals surface area contributed by atoms with Crippen LogP contribution >= 0.6 is 0 Å². The van der Waals surface area contributed by atoms with Gasteiger partial charge in [-0.1, -0.05) is 20.8 Å². The Balaban J connectivity index is 1.78. The van der Waals surface area contributed by atoms with Gasteiger partial charge in [0.25, 0.3) is 0 Å². The third-order valence-corrected chi connectivity index (χ3v) is 10.1. The lowest BCUT2D eigenvalue weighted by atomic mass is 9.45. The van der Waals surface area contributed by atoms with Crippen molar-refractivity contribution in [2.75, 3.05) is 0 Å². The lowest BCUT2D eigenvalue weighted by molar-refractivity contribution is -0.207. The van der Waals surface area contributed by atoms with Gasteiger partial charge in [-0.15, -0.1) is 0 Å². The average Bonchev–Trinajstić information content (AvgIpc) is 2.99. The first-order chi connectivity index (χ1) is 16.5. The number of aliphatic carboxylic acids is 1. The predicted octanol–water partition coefficient (Wildman–Crippen LogP) is 5.63. The highest BCUT2D eigenvalue weighted by molar-refractivity contribution is 6.02. The number of alkyl halides is 2. The van der Waals surface area contributed by atoms with Crippen molar-refractivity contribution in [2.45, 2.75) is 96.7 Å². The minimum Gasteiger partial charge on any atom is -0.511 e. The number of aliphatic hydroxyl groups is 1. The third-order valence-electron chi connectivity index (χ3n) is 10.1. The molecule has 0 radical (unpaired) electrons. The number of fused-ring (bicyclic) bond motifs is 5. The maximum absolute atomic E-state index is 17.2. The molecule has 0 aromatic carbocycles. The molecule has 7 nitrogen and oxygen atoms in total. The third kappa shape index (κ3) is 3.23. The molecule has 4 aliphatic carbocycles. The van der Waals surface area contributed by atoms with E-state index >= 15 is 8.78 Å². The number of carboxylic acids is 1. The largest absolute Gasteiger partial charge is 0.511 e. The van der Waals surface area contributed by atoms with E-state index in [2.05, 4.69) is 0 Å². The van der Waals surface area contributed by atoms with Crippen LogP contribution in [0.3, 0.4) is 0 Å². The number of hydrogen-bond donors (Lipinski definition) is 2. The lowest BCUT2D eigenvalue weighted by Crippen LogP contribution is -2.66. The molecule has 36 heavy (non-hydrogen) atoms. The van der Waals surface area contributed by atoms with Crippen LogP contribution in [0.25, 0.3) is 0 Å². The van der Waals surface area contributed by atoms with Gasteiger partial charge in [0.2, 0.25) is 5.60 Å². The molecule has 3 fully saturated rings. The van der Waals surface area contributed by atoms with Crippen molar-refractivity contribution in [3.63, 3.8) is 0 Å². The van der Waals surface area contributed by atoms with Crippen LogP contribution < -0.4 is 0 Å².